The van der Waals surface area contributed by atoms with Gasteiger partial charge in [-0.2, -0.15) is 0 Å². The summed E-state index contributed by atoms with van der Waals surface area (Å²) in [7, 11) is 1.91. The molecular weight excluding hydrogens is 380 g/mol. The second-order valence-electron chi connectivity index (χ2n) is 8.45. The van der Waals surface area contributed by atoms with Crippen LogP contribution in [0.15, 0.2) is 48.5 Å². The number of nitrogens with zero attached hydrogens (tertiary/aromatic N) is 1. The third-order valence-corrected chi connectivity index (χ3v) is 4.90. The van der Waals surface area contributed by atoms with E-state index in [-0.39, 0.29) is 12.2 Å². The number of carbonyl (C=O) groups is 1. The summed E-state index contributed by atoms with van der Waals surface area (Å²) in [5.41, 5.74) is 1.70. The van der Waals surface area contributed by atoms with Crippen LogP contribution in [-0.4, -0.2) is 42.8 Å². The second kappa shape index (κ2) is 9.74. The van der Waals surface area contributed by atoms with E-state index < -0.39 is 5.60 Å². The molecule has 162 valence electrons. The van der Waals surface area contributed by atoms with Gasteiger partial charge in [0, 0.05) is 44.2 Å². The fourth-order valence-corrected chi connectivity index (χ4v) is 3.34. The molecule has 1 aliphatic rings. The number of ether oxygens (including phenoxy) is 3. The standard InChI is InChI=1S/C24H32N2O4/c1-24(2,3)30-23(27)26-15-13-21(14-16-26)29-20-11-9-19(10-12-20)28-17-18-7-5-6-8-22(18)25-4/h5-12,21,25H,13-17H2,1-4H3. The van der Waals surface area contributed by atoms with E-state index in [9.17, 15) is 4.79 Å². The predicted octanol–water partition coefficient (Wildman–Crippen LogP) is 5.09. The first-order valence-corrected chi connectivity index (χ1v) is 10.5. The molecule has 0 atom stereocenters. The van der Waals surface area contributed by atoms with Crippen molar-refractivity contribution in [2.24, 2.45) is 0 Å². The first-order chi connectivity index (χ1) is 14.3. The second-order valence-corrected chi connectivity index (χ2v) is 8.45. The molecule has 1 heterocycles. The molecule has 0 bridgehead atoms. The summed E-state index contributed by atoms with van der Waals surface area (Å²) in [6.45, 7) is 7.44. The molecule has 1 amide bonds. The van der Waals surface area contributed by atoms with Gasteiger partial charge < -0.3 is 24.4 Å². The van der Waals surface area contributed by atoms with Crippen LogP contribution in [0.1, 0.15) is 39.2 Å². The number of nitrogens with one attached hydrogen (secondary N) is 1. The Balaban J connectivity index is 1.45. The van der Waals surface area contributed by atoms with E-state index in [1.165, 1.54) is 0 Å². The van der Waals surface area contributed by atoms with E-state index in [0.717, 1.165) is 35.6 Å². The largest absolute Gasteiger partial charge is 0.490 e. The summed E-state index contributed by atoms with van der Waals surface area (Å²) < 4.78 is 17.4. The van der Waals surface area contributed by atoms with Gasteiger partial charge in [0.05, 0.1) is 0 Å². The molecule has 1 saturated heterocycles. The van der Waals surface area contributed by atoms with E-state index in [4.69, 9.17) is 14.2 Å². The Hall–Kier alpha value is -2.89. The van der Waals surface area contributed by atoms with Crippen molar-refractivity contribution in [1.29, 1.82) is 0 Å². The number of anilines is 1. The highest BCUT2D eigenvalue weighted by molar-refractivity contribution is 5.68. The van der Waals surface area contributed by atoms with Crippen LogP contribution in [0.2, 0.25) is 0 Å². The summed E-state index contributed by atoms with van der Waals surface area (Å²) in [5, 5.41) is 3.18. The number of amides is 1. The lowest BCUT2D eigenvalue weighted by molar-refractivity contribution is 0.0126. The SMILES string of the molecule is CNc1ccccc1COc1ccc(OC2CCN(C(=O)OC(C)(C)C)CC2)cc1. The number of likely N-dealkylation sites (tertiary alicyclic amines) is 1. The minimum atomic E-state index is -0.469. The molecule has 6 nitrogen and oxygen atoms in total. The minimum Gasteiger partial charge on any atom is -0.490 e. The maximum atomic E-state index is 12.2. The zero-order valence-corrected chi connectivity index (χ0v) is 18.3. The van der Waals surface area contributed by atoms with E-state index >= 15 is 0 Å². The molecule has 0 saturated carbocycles. The topological polar surface area (TPSA) is 60.0 Å². The Bertz CT molecular complexity index is 822. The molecule has 0 aromatic heterocycles. The molecule has 3 rings (SSSR count). The van der Waals surface area contributed by atoms with Crippen LogP contribution in [-0.2, 0) is 11.3 Å². The summed E-state index contributed by atoms with van der Waals surface area (Å²) in [4.78, 5) is 13.9. The van der Waals surface area contributed by atoms with Crippen molar-refractivity contribution in [2.45, 2.75) is 51.9 Å². The van der Waals surface area contributed by atoms with Gasteiger partial charge in [0.1, 0.15) is 29.8 Å². The minimum absolute atomic E-state index is 0.0953. The molecule has 2 aromatic carbocycles. The van der Waals surface area contributed by atoms with Crippen LogP contribution in [0.3, 0.4) is 0 Å². The number of carbonyl (C=O) groups excluding carboxylic acids is 1. The van der Waals surface area contributed by atoms with Gasteiger partial charge >= 0.3 is 6.09 Å². The van der Waals surface area contributed by atoms with Crippen LogP contribution in [0, 0.1) is 0 Å². The number of hydrogen-bond acceptors (Lipinski definition) is 5. The smallest absolute Gasteiger partial charge is 0.410 e. The maximum Gasteiger partial charge on any atom is 0.410 e. The van der Waals surface area contributed by atoms with Crippen LogP contribution >= 0.6 is 0 Å². The number of benzene rings is 2. The number of para-hydroxylation sites is 1. The molecule has 0 spiro atoms. The molecule has 30 heavy (non-hydrogen) atoms. The summed E-state index contributed by atoms with van der Waals surface area (Å²) in [6.07, 6.45) is 1.43. The van der Waals surface area contributed by atoms with Crippen molar-refractivity contribution in [1.82, 2.24) is 4.90 Å². The monoisotopic (exact) mass is 412 g/mol. The van der Waals surface area contributed by atoms with Gasteiger partial charge in [-0.3, -0.25) is 0 Å². The van der Waals surface area contributed by atoms with Gasteiger partial charge in [0.15, 0.2) is 0 Å². The van der Waals surface area contributed by atoms with Crippen molar-refractivity contribution in [3.8, 4) is 11.5 Å². The van der Waals surface area contributed by atoms with E-state index in [0.29, 0.717) is 19.7 Å². The van der Waals surface area contributed by atoms with Crippen LogP contribution in [0.4, 0.5) is 10.5 Å². The number of rotatable bonds is 6. The van der Waals surface area contributed by atoms with Crippen molar-refractivity contribution >= 4 is 11.8 Å². The van der Waals surface area contributed by atoms with E-state index in [1.807, 2.05) is 76.3 Å². The summed E-state index contributed by atoms with van der Waals surface area (Å²) >= 11 is 0. The van der Waals surface area contributed by atoms with Crippen molar-refractivity contribution in [3.63, 3.8) is 0 Å². The van der Waals surface area contributed by atoms with Crippen LogP contribution < -0.4 is 14.8 Å². The summed E-state index contributed by atoms with van der Waals surface area (Å²) in [5.74, 6) is 1.61. The molecule has 6 heteroatoms. The average molecular weight is 413 g/mol. The normalized spacial score (nSPS) is 14.9. The highest BCUT2D eigenvalue weighted by atomic mass is 16.6. The molecule has 1 N–H and O–H groups in total. The predicted molar refractivity (Wildman–Crippen MR) is 118 cm³/mol. The van der Waals surface area contributed by atoms with Gasteiger partial charge in [-0.25, -0.2) is 4.79 Å². The fraction of sp³-hybridized carbons (Fsp3) is 0.458. The van der Waals surface area contributed by atoms with Crippen molar-refractivity contribution in [3.05, 3.63) is 54.1 Å². The molecule has 1 fully saturated rings. The van der Waals surface area contributed by atoms with Crippen LogP contribution in [0.25, 0.3) is 0 Å². The van der Waals surface area contributed by atoms with Gasteiger partial charge in [0.2, 0.25) is 0 Å². The molecule has 2 aromatic rings. The first-order valence-electron chi connectivity index (χ1n) is 10.5. The molecule has 0 radical (unpaired) electrons. The molecule has 1 aliphatic heterocycles. The number of hydrogen-bond donors (Lipinski definition) is 1. The highest BCUT2D eigenvalue weighted by Crippen LogP contribution is 2.24. The number of piperidine rings is 1. The van der Waals surface area contributed by atoms with Gasteiger partial charge in [-0.1, -0.05) is 18.2 Å². The zero-order chi connectivity index (χ0) is 21.6. The Kier molecular flexibility index (Phi) is 7.08. The molecular formula is C24H32N2O4. The fourth-order valence-electron chi connectivity index (χ4n) is 3.34. The third-order valence-electron chi connectivity index (χ3n) is 4.90. The first kappa shape index (κ1) is 21.8. The van der Waals surface area contributed by atoms with Gasteiger partial charge in [0.25, 0.3) is 0 Å². The van der Waals surface area contributed by atoms with Crippen LogP contribution in [0.5, 0.6) is 11.5 Å². The quantitative estimate of drug-likeness (QED) is 0.716. The third kappa shape index (κ3) is 6.31. The highest BCUT2D eigenvalue weighted by Gasteiger charge is 2.27. The Morgan fingerprint density at radius 1 is 1.03 bits per heavy atom. The Morgan fingerprint density at radius 3 is 2.30 bits per heavy atom. The Labute approximate surface area is 179 Å². The average Bonchev–Trinajstić information content (AvgIpc) is 2.73. The summed E-state index contributed by atoms with van der Waals surface area (Å²) in [6, 6.07) is 15.8. The van der Waals surface area contributed by atoms with Gasteiger partial charge in [-0.05, 0) is 51.1 Å². The lowest BCUT2D eigenvalue weighted by atomic mass is 10.1. The maximum absolute atomic E-state index is 12.2. The lowest BCUT2D eigenvalue weighted by Gasteiger charge is -2.33. The van der Waals surface area contributed by atoms with E-state index in [1.54, 1.807) is 4.90 Å². The Morgan fingerprint density at radius 2 is 1.67 bits per heavy atom. The molecule has 0 unspecified atom stereocenters. The lowest BCUT2D eigenvalue weighted by Crippen LogP contribution is -2.44. The molecule has 0 aliphatic carbocycles. The van der Waals surface area contributed by atoms with Gasteiger partial charge in [-0.15, -0.1) is 0 Å². The van der Waals surface area contributed by atoms with E-state index in [2.05, 4.69) is 5.32 Å². The van der Waals surface area contributed by atoms with Crippen molar-refractivity contribution in [2.75, 3.05) is 25.5 Å². The van der Waals surface area contributed by atoms with Crippen molar-refractivity contribution < 1.29 is 19.0 Å². The zero-order valence-electron chi connectivity index (χ0n) is 18.3.